The van der Waals surface area contributed by atoms with Gasteiger partial charge >= 0.3 is 0 Å². The maximum atomic E-state index is 5.32. The molecule has 1 aromatic carbocycles. The zero-order valence-electron chi connectivity index (χ0n) is 12.9. The average Bonchev–Trinajstić information content (AvgIpc) is 3.15. The summed E-state index contributed by atoms with van der Waals surface area (Å²) in [7, 11) is 0. The zero-order valence-corrected chi connectivity index (χ0v) is 12.9. The van der Waals surface area contributed by atoms with Gasteiger partial charge in [0.1, 0.15) is 6.26 Å². The van der Waals surface area contributed by atoms with E-state index in [2.05, 4.69) is 45.6 Å². The number of nitrogens with one attached hydrogen (secondary N) is 1. The Bertz CT molecular complexity index is 766. The van der Waals surface area contributed by atoms with Gasteiger partial charge in [-0.1, -0.05) is 18.2 Å². The first kappa shape index (κ1) is 14.2. The number of oxazole rings is 1. The first-order chi connectivity index (χ1) is 11.4. The highest BCUT2D eigenvalue weighted by Gasteiger charge is 2.20. The molecule has 3 aromatic rings. The highest BCUT2D eigenvalue weighted by Crippen LogP contribution is 2.28. The number of fused-ring (bicyclic) bond motifs is 1. The Morgan fingerprint density at radius 1 is 1.09 bits per heavy atom. The van der Waals surface area contributed by atoms with E-state index in [1.807, 2.05) is 12.3 Å². The zero-order chi connectivity index (χ0) is 15.5. The van der Waals surface area contributed by atoms with Crippen LogP contribution in [-0.2, 0) is 13.0 Å². The Kier molecular flexibility index (Phi) is 3.90. The van der Waals surface area contributed by atoms with Crippen molar-refractivity contribution in [2.24, 2.45) is 0 Å². The Balaban J connectivity index is 1.44. The SMILES string of the molecule is c1cnc2c(c1)CCCC2NCc1ccc(-c2ncco2)cc1. The molecule has 2 heterocycles. The van der Waals surface area contributed by atoms with Crippen LogP contribution in [0, 0.1) is 0 Å². The minimum absolute atomic E-state index is 0.353. The van der Waals surface area contributed by atoms with Gasteiger partial charge in [-0.2, -0.15) is 0 Å². The molecule has 116 valence electrons. The molecule has 4 nitrogen and oxygen atoms in total. The predicted octanol–water partition coefficient (Wildman–Crippen LogP) is 3.90. The van der Waals surface area contributed by atoms with Crippen molar-refractivity contribution in [1.82, 2.24) is 15.3 Å². The maximum absolute atomic E-state index is 5.32. The predicted molar refractivity (Wildman–Crippen MR) is 88.7 cm³/mol. The maximum Gasteiger partial charge on any atom is 0.225 e. The minimum atomic E-state index is 0.353. The van der Waals surface area contributed by atoms with Gasteiger partial charge in [0, 0.05) is 18.3 Å². The molecule has 0 fully saturated rings. The first-order valence-electron chi connectivity index (χ1n) is 8.06. The van der Waals surface area contributed by atoms with Crippen molar-refractivity contribution in [3.63, 3.8) is 0 Å². The number of pyridine rings is 1. The highest BCUT2D eigenvalue weighted by atomic mass is 16.3. The van der Waals surface area contributed by atoms with Gasteiger partial charge < -0.3 is 9.73 Å². The molecular weight excluding hydrogens is 286 g/mol. The average molecular weight is 305 g/mol. The molecule has 23 heavy (non-hydrogen) atoms. The smallest absolute Gasteiger partial charge is 0.225 e. The van der Waals surface area contributed by atoms with Crippen molar-refractivity contribution in [2.75, 3.05) is 0 Å². The molecule has 2 aromatic heterocycles. The lowest BCUT2D eigenvalue weighted by Gasteiger charge is -2.25. The van der Waals surface area contributed by atoms with Gasteiger partial charge in [-0.05, 0) is 48.6 Å². The van der Waals surface area contributed by atoms with Crippen molar-refractivity contribution >= 4 is 0 Å². The van der Waals surface area contributed by atoms with E-state index in [1.54, 1.807) is 12.5 Å². The molecule has 4 rings (SSSR count). The number of hydrogen-bond acceptors (Lipinski definition) is 4. The number of rotatable bonds is 4. The molecule has 0 spiro atoms. The number of aromatic nitrogens is 2. The molecule has 1 atom stereocenters. The topological polar surface area (TPSA) is 51.0 Å². The lowest BCUT2D eigenvalue weighted by atomic mass is 9.92. The second-order valence-electron chi connectivity index (χ2n) is 5.91. The summed E-state index contributed by atoms with van der Waals surface area (Å²) in [5.74, 6) is 0.662. The second kappa shape index (κ2) is 6.34. The molecule has 1 aliphatic rings. The Morgan fingerprint density at radius 3 is 2.83 bits per heavy atom. The fraction of sp³-hybridized carbons (Fsp3) is 0.263. The summed E-state index contributed by atoms with van der Waals surface area (Å²) >= 11 is 0. The molecule has 0 amide bonds. The van der Waals surface area contributed by atoms with Crippen LogP contribution in [0.15, 0.2) is 59.5 Å². The van der Waals surface area contributed by atoms with Gasteiger partial charge in [-0.15, -0.1) is 0 Å². The van der Waals surface area contributed by atoms with Crippen LogP contribution in [0.3, 0.4) is 0 Å². The quantitative estimate of drug-likeness (QED) is 0.794. The minimum Gasteiger partial charge on any atom is -0.445 e. The molecular formula is C19H19N3O. The Labute approximate surface area is 135 Å². The fourth-order valence-corrected chi connectivity index (χ4v) is 3.18. The number of aryl methyl sites for hydroxylation is 1. The summed E-state index contributed by atoms with van der Waals surface area (Å²) in [6.45, 7) is 0.840. The third kappa shape index (κ3) is 3.03. The number of nitrogens with zero attached hydrogens (tertiary/aromatic N) is 2. The normalized spacial score (nSPS) is 17.0. The van der Waals surface area contributed by atoms with Crippen LogP contribution in [0.2, 0.25) is 0 Å². The molecule has 0 saturated heterocycles. The van der Waals surface area contributed by atoms with Gasteiger partial charge in [-0.3, -0.25) is 4.98 Å². The van der Waals surface area contributed by atoms with Gasteiger partial charge in [0.2, 0.25) is 5.89 Å². The van der Waals surface area contributed by atoms with E-state index in [0.717, 1.165) is 24.9 Å². The molecule has 0 bridgehead atoms. The first-order valence-corrected chi connectivity index (χ1v) is 8.06. The summed E-state index contributed by atoms with van der Waals surface area (Å²) in [6, 6.07) is 12.9. The van der Waals surface area contributed by atoms with Crippen molar-refractivity contribution in [1.29, 1.82) is 0 Å². The standard InChI is InChI=1S/C19H19N3O/c1-3-15-4-2-10-20-18(15)17(5-1)22-13-14-6-8-16(9-7-14)19-21-11-12-23-19/h2,4,6-12,17,22H,1,3,5,13H2. The lowest BCUT2D eigenvalue weighted by molar-refractivity contribution is 0.447. The molecule has 4 heteroatoms. The van der Waals surface area contributed by atoms with Crippen LogP contribution < -0.4 is 5.32 Å². The molecule has 1 N–H and O–H groups in total. The van der Waals surface area contributed by atoms with Gasteiger partial charge in [0.05, 0.1) is 17.9 Å². The molecule has 0 radical (unpaired) electrons. The Hall–Kier alpha value is -2.46. The van der Waals surface area contributed by atoms with Crippen molar-refractivity contribution in [3.8, 4) is 11.5 Å². The van der Waals surface area contributed by atoms with Crippen LogP contribution in [-0.4, -0.2) is 9.97 Å². The molecule has 1 unspecified atom stereocenters. The summed E-state index contributed by atoms with van der Waals surface area (Å²) in [5.41, 5.74) is 4.86. The number of benzene rings is 1. The van der Waals surface area contributed by atoms with E-state index < -0.39 is 0 Å². The van der Waals surface area contributed by atoms with Crippen LogP contribution in [0.1, 0.15) is 35.7 Å². The van der Waals surface area contributed by atoms with Crippen LogP contribution in [0.4, 0.5) is 0 Å². The largest absolute Gasteiger partial charge is 0.445 e. The van der Waals surface area contributed by atoms with E-state index in [9.17, 15) is 0 Å². The third-order valence-corrected chi connectivity index (χ3v) is 4.38. The van der Waals surface area contributed by atoms with Crippen LogP contribution in [0.5, 0.6) is 0 Å². The van der Waals surface area contributed by atoms with E-state index in [0.29, 0.717) is 11.9 Å². The van der Waals surface area contributed by atoms with Crippen LogP contribution in [0.25, 0.3) is 11.5 Å². The summed E-state index contributed by atoms with van der Waals surface area (Å²) < 4.78 is 5.32. The highest BCUT2D eigenvalue weighted by molar-refractivity contribution is 5.53. The molecule has 0 saturated carbocycles. The van der Waals surface area contributed by atoms with Crippen molar-refractivity contribution in [3.05, 3.63) is 71.9 Å². The molecule has 0 aliphatic heterocycles. The van der Waals surface area contributed by atoms with Crippen molar-refractivity contribution < 1.29 is 4.42 Å². The van der Waals surface area contributed by atoms with Crippen molar-refractivity contribution in [2.45, 2.75) is 31.8 Å². The van der Waals surface area contributed by atoms with E-state index in [1.165, 1.54) is 23.2 Å². The van der Waals surface area contributed by atoms with E-state index in [4.69, 9.17) is 4.42 Å². The third-order valence-electron chi connectivity index (χ3n) is 4.38. The second-order valence-corrected chi connectivity index (χ2v) is 5.91. The summed E-state index contributed by atoms with van der Waals surface area (Å²) in [4.78, 5) is 8.75. The summed E-state index contributed by atoms with van der Waals surface area (Å²) in [6.07, 6.45) is 8.67. The Morgan fingerprint density at radius 2 is 2.00 bits per heavy atom. The summed E-state index contributed by atoms with van der Waals surface area (Å²) in [5, 5.41) is 3.65. The van der Waals surface area contributed by atoms with E-state index >= 15 is 0 Å². The van der Waals surface area contributed by atoms with Gasteiger partial charge in [-0.25, -0.2) is 4.98 Å². The van der Waals surface area contributed by atoms with Gasteiger partial charge in [0.25, 0.3) is 0 Å². The molecule has 1 aliphatic carbocycles. The van der Waals surface area contributed by atoms with Gasteiger partial charge in [0.15, 0.2) is 0 Å². The number of hydrogen-bond donors (Lipinski definition) is 1. The fourth-order valence-electron chi connectivity index (χ4n) is 3.18. The monoisotopic (exact) mass is 305 g/mol. The lowest BCUT2D eigenvalue weighted by Crippen LogP contribution is -2.25. The van der Waals surface area contributed by atoms with E-state index in [-0.39, 0.29) is 0 Å². The van der Waals surface area contributed by atoms with Crippen LogP contribution >= 0.6 is 0 Å².